The molecule has 1 aromatic carbocycles. The summed E-state index contributed by atoms with van der Waals surface area (Å²) in [5.41, 5.74) is 2.05. The van der Waals surface area contributed by atoms with Crippen LogP contribution >= 0.6 is 0 Å². The minimum atomic E-state index is -0.425. The number of hydrogen-bond donors (Lipinski definition) is 1. The number of benzene rings is 1. The van der Waals surface area contributed by atoms with Crippen molar-refractivity contribution in [3.8, 4) is 5.75 Å². The van der Waals surface area contributed by atoms with Gasteiger partial charge in [0.25, 0.3) is 0 Å². The van der Waals surface area contributed by atoms with Crippen LogP contribution < -0.4 is 4.74 Å². The predicted octanol–water partition coefficient (Wildman–Crippen LogP) is 3.47. The molecule has 1 rings (SSSR count). The minimum absolute atomic E-state index is 0.425. The van der Waals surface area contributed by atoms with Gasteiger partial charge in [0.15, 0.2) is 0 Å². The quantitative estimate of drug-likeness (QED) is 0.826. The summed E-state index contributed by atoms with van der Waals surface area (Å²) in [6, 6.07) is 5.94. The molecule has 0 aliphatic carbocycles. The van der Waals surface area contributed by atoms with Crippen LogP contribution in [0.4, 0.5) is 0 Å². The van der Waals surface area contributed by atoms with Gasteiger partial charge in [-0.25, -0.2) is 0 Å². The molecule has 2 unspecified atom stereocenters. The first-order chi connectivity index (χ1) is 7.58. The van der Waals surface area contributed by atoms with Gasteiger partial charge in [-0.3, -0.25) is 0 Å². The lowest BCUT2D eigenvalue weighted by Crippen LogP contribution is -2.05. The number of rotatable bonds is 5. The van der Waals surface area contributed by atoms with Crippen LogP contribution in [0.2, 0.25) is 0 Å². The second-order valence-electron chi connectivity index (χ2n) is 4.51. The molecule has 2 nitrogen and oxygen atoms in total. The molecule has 0 aliphatic heterocycles. The lowest BCUT2D eigenvalue weighted by molar-refractivity contribution is 0.143. The largest absolute Gasteiger partial charge is 0.496 e. The molecule has 0 radical (unpaired) electrons. The monoisotopic (exact) mass is 222 g/mol. The Hall–Kier alpha value is -1.02. The van der Waals surface area contributed by atoms with Crippen LogP contribution in [-0.2, 0) is 0 Å². The second-order valence-corrected chi connectivity index (χ2v) is 4.51. The van der Waals surface area contributed by atoms with Crippen molar-refractivity contribution in [3.63, 3.8) is 0 Å². The Bertz CT molecular complexity index is 334. The van der Waals surface area contributed by atoms with E-state index in [-0.39, 0.29) is 0 Å². The molecule has 0 saturated heterocycles. The maximum absolute atomic E-state index is 10.1. The summed E-state index contributed by atoms with van der Waals surface area (Å²) < 4.78 is 5.30. The first-order valence-corrected chi connectivity index (χ1v) is 5.91. The Morgan fingerprint density at radius 3 is 2.62 bits per heavy atom. The molecular weight excluding hydrogens is 200 g/mol. The maximum atomic E-state index is 10.1. The molecule has 0 fully saturated rings. The van der Waals surface area contributed by atoms with Crippen molar-refractivity contribution in [1.29, 1.82) is 0 Å². The normalized spacial score (nSPS) is 14.6. The number of aryl methyl sites for hydroxylation is 1. The third kappa shape index (κ3) is 3.24. The van der Waals surface area contributed by atoms with Crippen molar-refractivity contribution in [2.24, 2.45) is 5.92 Å². The Kier molecular flexibility index (Phi) is 4.81. The molecular formula is C14H22O2. The van der Waals surface area contributed by atoms with Gasteiger partial charge in [-0.1, -0.05) is 32.4 Å². The van der Waals surface area contributed by atoms with Crippen molar-refractivity contribution in [2.45, 2.75) is 39.7 Å². The zero-order valence-electron chi connectivity index (χ0n) is 10.7. The van der Waals surface area contributed by atoms with Gasteiger partial charge in [0.1, 0.15) is 5.75 Å². The number of aliphatic hydroxyl groups is 1. The highest BCUT2D eigenvalue weighted by molar-refractivity contribution is 5.38. The van der Waals surface area contributed by atoms with Gasteiger partial charge in [-0.2, -0.15) is 0 Å². The van der Waals surface area contributed by atoms with Crippen LogP contribution in [0.25, 0.3) is 0 Å². The lowest BCUT2D eigenvalue weighted by Gasteiger charge is -2.18. The molecule has 0 bridgehead atoms. The average Bonchev–Trinajstić information content (AvgIpc) is 2.28. The zero-order valence-corrected chi connectivity index (χ0v) is 10.7. The highest BCUT2D eigenvalue weighted by atomic mass is 16.5. The summed E-state index contributed by atoms with van der Waals surface area (Å²) in [6.07, 6.45) is 1.45. The van der Waals surface area contributed by atoms with E-state index in [2.05, 4.69) is 13.8 Å². The zero-order chi connectivity index (χ0) is 12.1. The van der Waals surface area contributed by atoms with E-state index < -0.39 is 6.10 Å². The Balaban J connectivity index is 2.85. The molecule has 0 saturated carbocycles. The smallest absolute Gasteiger partial charge is 0.124 e. The van der Waals surface area contributed by atoms with Gasteiger partial charge in [0, 0.05) is 5.56 Å². The molecule has 16 heavy (non-hydrogen) atoms. The first-order valence-electron chi connectivity index (χ1n) is 5.91. The SMILES string of the molecule is CCC(C)CC(O)c1ccc(C)cc1OC. The Morgan fingerprint density at radius 1 is 1.38 bits per heavy atom. The summed E-state index contributed by atoms with van der Waals surface area (Å²) in [6.45, 7) is 6.32. The number of ether oxygens (including phenoxy) is 1. The summed E-state index contributed by atoms with van der Waals surface area (Å²) in [5, 5.41) is 10.1. The first kappa shape index (κ1) is 13.0. The van der Waals surface area contributed by atoms with E-state index in [9.17, 15) is 5.11 Å². The third-order valence-electron chi connectivity index (χ3n) is 3.07. The molecule has 0 spiro atoms. The standard InChI is InChI=1S/C14H22O2/c1-5-10(2)8-13(15)12-7-6-11(3)9-14(12)16-4/h6-7,9-10,13,15H,5,8H2,1-4H3. The molecule has 0 aliphatic rings. The number of methoxy groups -OCH3 is 1. The van der Waals surface area contributed by atoms with E-state index in [0.717, 1.165) is 29.7 Å². The number of hydrogen-bond acceptors (Lipinski definition) is 2. The average molecular weight is 222 g/mol. The Morgan fingerprint density at radius 2 is 2.06 bits per heavy atom. The van der Waals surface area contributed by atoms with Crippen molar-refractivity contribution in [1.82, 2.24) is 0 Å². The molecule has 0 amide bonds. The minimum Gasteiger partial charge on any atom is -0.496 e. The van der Waals surface area contributed by atoms with Crippen LogP contribution in [0.3, 0.4) is 0 Å². The van der Waals surface area contributed by atoms with Gasteiger partial charge >= 0.3 is 0 Å². The van der Waals surface area contributed by atoms with Crippen molar-refractivity contribution in [3.05, 3.63) is 29.3 Å². The van der Waals surface area contributed by atoms with Crippen molar-refractivity contribution in [2.75, 3.05) is 7.11 Å². The summed E-state index contributed by atoms with van der Waals surface area (Å²) in [4.78, 5) is 0. The van der Waals surface area contributed by atoms with Crippen LogP contribution in [-0.4, -0.2) is 12.2 Å². The van der Waals surface area contributed by atoms with Gasteiger partial charge in [-0.05, 0) is 30.9 Å². The fourth-order valence-corrected chi connectivity index (χ4v) is 1.77. The van der Waals surface area contributed by atoms with E-state index in [1.54, 1.807) is 7.11 Å². The van der Waals surface area contributed by atoms with Crippen molar-refractivity contribution < 1.29 is 9.84 Å². The maximum Gasteiger partial charge on any atom is 0.124 e. The topological polar surface area (TPSA) is 29.5 Å². The van der Waals surface area contributed by atoms with Crippen LogP contribution in [0.5, 0.6) is 5.75 Å². The summed E-state index contributed by atoms with van der Waals surface area (Å²) >= 11 is 0. The fourth-order valence-electron chi connectivity index (χ4n) is 1.77. The van der Waals surface area contributed by atoms with Gasteiger partial charge < -0.3 is 9.84 Å². The molecule has 0 heterocycles. The third-order valence-corrected chi connectivity index (χ3v) is 3.07. The molecule has 90 valence electrons. The molecule has 1 N–H and O–H groups in total. The van der Waals surface area contributed by atoms with E-state index in [4.69, 9.17) is 4.74 Å². The van der Waals surface area contributed by atoms with Crippen LogP contribution in [0, 0.1) is 12.8 Å². The molecule has 1 aromatic rings. The van der Waals surface area contributed by atoms with E-state index in [0.29, 0.717) is 5.92 Å². The van der Waals surface area contributed by atoms with E-state index in [1.807, 2.05) is 25.1 Å². The number of aliphatic hydroxyl groups excluding tert-OH is 1. The summed E-state index contributed by atoms with van der Waals surface area (Å²) in [5.74, 6) is 1.32. The van der Waals surface area contributed by atoms with Gasteiger partial charge in [0.05, 0.1) is 13.2 Å². The Labute approximate surface area is 98.3 Å². The van der Waals surface area contributed by atoms with Gasteiger partial charge in [0.2, 0.25) is 0 Å². The van der Waals surface area contributed by atoms with E-state index >= 15 is 0 Å². The van der Waals surface area contributed by atoms with Crippen LogP contribution in [0.15, 0.2) is 18.2 Å². The highest BCUT2D eigenvalue weighted by Gasteiger charge is 2.15. The molecule has 2 atom stereocenters. The fraction of sp³-hybridized carbons (Fsp3) is 0.571. The predicted molar refractivity (Wildman–Crippen MR) is 66.8 cm³/mol. The van der Waals surface area contributed by atoms with Gasteiger partial charge in [-0.15, -0.1) is 0 Å². The summed E-state index contributed by atoms with van der Waals surface area (Å²) in [7, 11) is 1.65. The van der Waals surface area contributed by atoms with Crippen molar-refractivity contribution >= 4 is 0 Å². The van der Waals surface area contributed by atoms with E-state index in [1.165, 1.54) is 0 Å². The highest BCUT2D eigenvalue weighted by Crippen LogP contribution is 2.30. The molecule has 0 aromatic heterocycles. The molecule has 2 heteroatoms. The van der Waals surface area contributed by atoms with Crippen LogP contribution in [0.1, 0.15) is 43.9 Å². The lowest BCUT2D eigenvalue weighted by atomic mass is 9.95. The second kappa shape index (κ2) is 5.90.